The van der Waals surface area contributed by atoms with Gasteiger partial charge in [-0.3, -0.25) is 10.1 Å². The van der Waals surface area contributed by atoms with E-state index in [4.69, 9.17) is 4.74 Å². The average Bonchev–Trinajstić information content (AvgIpc) is 2.53. The van der Waals surface area contributed by atoms with Crippen molar-refractivity contribution in [2.45, 2.75) is 11.4 Å². The predicted molar refractivity (Wildman–Crippen MR) is 86.9 cm³/mol. The smallest absolute Gasteiger partial charge is 0.315 e. The topological polar surface area (TPSA) is 84.6 Å². The van der Waals surface area contributed by atoms with Crippen LogP contribution in [0.15, 0.2) is 41.3 Å². The van der Waals surface area contributed by atoms with E-state index < -0.39 is 10.7 Å². The predicted octanol–water partition coefficient (Wildman–Crippen LogP) is 3.64. The zero-order valence-electron chi connectivity index (χ0n) is 12.2. The van der Waals surface area contributed by atoms with Gasteiger partial charge < -0.3 is 15.2 Å². The van der Waals surface area contributed by atoms with Gasteiger partial charge in [-0.2, -0.15) is 0 Å². The third-order valence-corrected chi connectivity index (χ3v) is 3.92. The average molecular weight is 320 g/mol. The van der Waals surface area contributed by atoms with Gasteiger partial charge in [0.05, 0.1) is 12.0 Å². The first-order valence-corrected chi connectivity index (χ1v) is 7.70. The third kappa shape index (κ3) is 3.43. The van der Waals surface area contributed by atoms with E-state index in [-0.39, 0.29) is 11.4 Å². The van der Waals surface area contributed by atoms with Gasteiger partial charge in [0.1, 0.15) is 0 Å². The number of rotatable bonds is 6. The van der Waals surface area contributed by atoms with E-state index in [1.807, 2.05) is 30.5 Å². The van der Waals surface area contributed by atoms with E-state index >= 15 is 0 Å². The lowest BCUT2D eigenvalue weighted by molar-refractivity contribution is -0.386. The number of hydrogen-bond acceptors (Lipinski definition) is 6. The number of phenols is 1. The number of thioether (sulfide) groups is 1. The summed E-state index contributed by atoms with van der Waals surface area (Å²) in [6.45, 7) is 0.384. The molecule has 0 amide bonds. The molecule has 116 valence electrons. The summed E-state index contributed by atoms with van der Waals surface area (Å²) in [6, 6.07) is 10.7. The minimum absolute atomic E-state index is 0.0872. The Morgan fingerprint density at radius 2 is 2.09 bits per heavy atom. The zero-order chi connectivity index (χ0) is 16.1. The highest BCUT2D eigenvalue weighted by atomic mass is 32.2. The van der Waals surface area contributed by atoms with Crippen LogP contribution in [0.25, 0.3) is 0 Å². The van der Waals surface area contributed by atoms with Gasteiger partial charge in [-0.1, -0.05) is 12.1 Å². The number of nitro groups is 1. The molecule has 7 heteroatoms. The van der Waals surface area contributed by atoms with Crippen LogP contribution in [0.2, 0.25) is 0 Å². The molecule has 0 spiro atoms. The van der Waals surface area contributed by atoms with Gasteiger partial charge in [0, 0.05) is 23.2 Å². The summed E-state index contributed by atoms with van der Waals surface area (Å²) in [4.78, 5) is 11.4. The van der Waals surface area contributed by atoms with Crippen molar-refractivity contribution in [1.29, 1.82) is 0 Å². The van der Waals surface area contributed by atoms with Gasteiger partial charge in [-0.05, 0) is 30.0 Å². The molecule has 0 saturated heterocycles. The number of anilines is 1. The molecule has 0 bridgehead atoms. The molecule has 0 aromatic heterocycles. The number of hydrogen-bond donors (Lipinski definition) is 2. The van der Waals surface area contributed by atoms with Gasteiger partial charge in [-0.25, -0.2) is 0 Å². The van der Waals surface area contributed by atoms with Crippen molar-refractivity contribution >= 4 is 23.1 Å². The second-order valence-corrected chi connectivity index (χ2v) is 5.32. The van der Waals surface area contributed by atoms with Gasteiger partial charge in [-0.15, -0.1) is 11.8 Å². The Hall–Kier alpha value is -2.41. The number of nitrogens with zero attached hydrogens (tertiary/aromatic N) is 1. The summed E-state index contributed by atoms with van der Waals surface area (Å²) >= 11 is 1.61. The van der Waals surface area contributed by atoms with E-state index in [1.165, 1.54) is 13.2 Å². The second-order valence-electron chi connectivity index (χ2n) is 4.48. The van der Waals surface area contributed by atoms with Crippen molar-refractivity contribution in [3.05, 3.63) is 52.1 Å². The molecule has 2 rings (SSSR count). The van der Waals surface area contributed by atoms with Crippen molar-refractivity contribution < 1.29 is 14.8 Å². The van der Waals surface area contributed by atoms with Crippen molar-refractivity contribution in [3.8, 4) is 11.5 Å². The van der Waals surface area contributed by atoms with Crippen LogP contribution in [0.4, 0.5) is 11.4 Å². The van der Waals surface area contributed by atoms with Gasteiger partial charge in [0.15, 0.2) is 5.75 Å². The maximum Gasteiger partial charge on any atom is 0.315 e. The molecule has 0 unspecified atom stereocenters. The molecule has 0 radical (unpaired) electrons. The standard InChI is InChI=1S/C15H16N2O4S/c1-21-13-8-10(7-12(15(13)18)17(19)20)9-16-11-5-3-4-6-14(11)22-2/h3-8,16,18H,9H2,1-2H3. The first kappa shape index (κ1) is 16.0. The lowest BCUT2D eigenvalue weighted by atomic mass is 10.1. The Kier molecular flexibility index (Phi) is 5.11. The zero-order valence-corrected chi connectivity index (χ0v) is 13.0. The Morgan fingerprint density at radius 3 is 2.73 bits per heavy atom. The fourth-order valence-corrected chi connectivity index (χ4v) is 2.61. The highest BCUT2D eigenvalue weighted by Crippen LogP contribution is 2.37. The number of para-hydroxylation sites is 1. The molecular formula is C15H16N2O4S. The fourth-order valence-electron chi connectivity index (χ4n) is 2.03. The second kappa shape index (κ2) is 7.04. The van der Waals surface area contributed by atoms with E-state index in [9.17, 15) is 15.2 Å². The number of methoxy groups -OCH3 is 1. The number of phenolic OH excluding ortho intramolecular Hbond substituents is 1. The molecular weight excluding hydrogens is 304 g/mol. The normalized spacial score (nSPS) is 10.3. The van der Waals surface area contributed by atoms with Crippen molar-refractivity contribution in [2.24, 2.45) is 0 Å². The van der Waals surface area contributed by atoms with Crippen LogP contribution in [-0.4, -0.2) is 23.4 Å². The molecule has 0 heterocycles. The van der Waals surface area contributed by atoms with E-state index in [1.54, 1.807) is 17.8 Å². The number of ether oxygens (including phenoxy) is 1. The first-order chi connectivity index (χ1) is 10.6. The van der Waals surface area contributed by atoms with Gasteiger partial charge in [0.2, 0.25) is 5.75 Å². The molecule has 2 N–H and O–H groups in total. The molecule has 2 aromatic carbocycles. The van der Waals surface area contributed by atoms with Crippen LogP contribution < -0.4 is 10.1 Å². The Labute approximate surface area is 132 Å². The van der Waals surface area contributed by atoms with Gasteiger partial charge >= 0.3 is 5.69 Å². The monoisotopic (exact) mass is 320 g/mol. The Morgan fingerprint density at radius 1 is 1.36 bits per heavy atom. The number of benzene rings is 2. The largest absolute Gasteiger partial charge is 0.500 e. The molecule has 0 aliphatic rings. The number of aromatic hydroxyl groups is 1. The molecule has 2 aromatic rings. The summed E-state index contributed by atoms with van der Waals surface area (Å²) in [7, 11) is 1.36. The Balaban J connectivity index is 2.26. The summed E-state index contributed by atoms with van der Waals surface area (Å²) in [5.41, 5.74) is 1.23. The van der Waals surface area contributed by atoms with Crippen LogP contribution in [0.3, 0.4) is 0 Å². The molecule has 0 aliphatic heterocycles. The highest BCUT2D eigenvalue weighted by molar-refractivity contribution is 7.98. The molecule has 0 aliphatic carbocycles. The van der Waals surface area contributed by atoms with E-state index in [0.29, 0.717) is 12.1 Å². The van der Waals surface area contributed by atoms with Crippen molar-refractivity contribution in [3.63, 3.8) is 0 Å². The number of nitrogens with one attached hydrogen (secondary N) is 1. The fraction of sp³-hybridized carbons (Fsp3) is 0.200. The quantitative estimate of drug-likeness (QED) is 0.480. The molecule has 0 atom stereocenters. The minimum Gasteiger partial charge on any atom is -0.500 e. The van der Waals surface area contributed by atoms with Crippen LogP contribution in [0, 0.1) is 10.1 Å². The molecule has 0 saturated carbocycles. The van der Waals surface area contributed by atoms with Crippen LogP contribution in [0.1, 0.15) is 5.56 Å². The summed E-state index contributed by atoms with van der Waals surface area (Å²) in [6.07, 6.45) is 1.98. The third-order valence-electron chi connectivity index (χ3n) is 3.12. The van der Waals surface area contributed by atoms with Crippen LogP contribution in [-0.2, 0) is 6.54 Å². The summed E-state index contributed by atoms with van der Waals surface area (Å²) in [5.74, 6) is -0.370. The molecule has 0 fully saturated rings. The minimum atomic E-state index is -0.628. The SMILES string of the molecule is COc1cc(CNc2ccccc2SC)cc([N+](=O)[O-])c1O. The maximum absolute atomic E-state index is 11.0. The Bertz CT molecular complexity index is 691. The van der Waals surface area contributed by atoms with Crippen molar-refractivity contribution in [2.75, 3.05) is 18.7 Å². The van der Waals surface area contributed by atoms with Crippen LogP contribution >= 0.6 is 11.8 Å². The lowest BCUT2D eigenvalue weighted by Crippen LogP contribution is -2.02. The molecule has 22 heavy (non-hydrogen) atoms. The van der Waals surface area contributed by atoms with Crippen LogP contribution in [0.5, 0.6) is 11.5 Å². The first-order valence-electron chi connectivity index (χ1n) is 6.48. The highest BCUT2D eigenvalue weighted by Gasteiger charge is 2.19. The van der Waals surface area contributed by atoms with E-state index in [0.717, 1.165) is 10.6 Å². The maximum atomic E-state index is 11.0. The van der Waals surface area contributed by atoms with Crippen molar-refractivity contribution in [1.82, 2.24) is 0 Å². The number of nitro benzene ring substituents is 1. The summed E-state index contributed by atoms with van der Waals surface area (Å²) in [5, 5.41) is 24.0. The van der Waals surface area contributed by atoms with Gasteiger partial charge in [0.25, 0.3) is 0 Å². The summed E-state index contributed by atoms with van der Waals surface area (Å²) < 4.78 is 4.99. The molecule has 6 nitrogen and oxygen atoms in total. The lowest BCUT2D eigenvalue weighted by Gasteiger charge is -2.12. The van der Waals surface area contributed by atoms with E-state index in [2.05, 4.69) is 5.32 Å².